The van der Waals surface area contributed by atoms with Gasteiger partial charge in [-0.05, 0) is 101 Å². The number of carbonyl (C=O) groups is 6. The van der Waals surface area contributed by atoms with Crippen LogP contribution >= 0.6 is 22.7 Å². The van der Waals surface area contributed by atoms with E-state index in [0.717, 1.165) is 69.2 Å². The third-order valence-corrected chi connectivity index (χ3v) is 12.1. The molecule has 0 saturated carbocycles. The fourth-order valence-electron chi connectivity index (χ4n) is 7.49. The summed E-state index contributed by atoms with van der Waals surface area (Å²) >= 11 is 2.53. The molecule has 10 nitrogen and oxygen atoms in total. The quantitative estimate of drug-likeness (QED) is 0.163. The predicted molar refractivity (Wildman–Crippen MR) is 180 cm³/mol. The summed E-state index contributed by atoms with van der Waals surface area (Å²) in [6.45, 7) is 3.70. The molecular formula is C36H30N2O8S2. The second kappa shape index (κ2) is 11.5. The number of fused-ring (bicyclic) bond motifs is 2. The minimum absolute atomic E-state index is 0.146. The lowest BCUT2D eigenvalue weighted by molar-refractivity contribution is 0.0516. The van der Waals surface area contributed by atoms with Crippen molar-refractivity contribution in [2.45, 2.75) is 65.2 Å². The van der Waals surface area contributed by atoms with Crippen LogP contribution in [0.25, 0.3) is 10.8 Å². The first-order valence-corrected chi connectivity index (χ1v) is 17.9. The first-order chi connectivity index (χ1) is 23.3. The fourth-order valence-corrected chi connectivity index (χ4v) is 10.2. The molecule has 0 atom stereocenters. The molecule has 0 unspecified atom stereocenters. The lowest BCUT2D eigenvalue weighted by Gasteiger charge is -2.31. The van der Waals surface area contributed by atoms with Gasteiger partial charge in [0.25, 0.3) is 23.6 Å². The molecule has 2 aromatic heterocycles. The van der Waals surface area contributed by atoms with E-state index in [2.05, 4.69) is 0 Å². The molecule has 2 aliphatic heterocycles. The standard InChI is InChI=1S/C36H30N2O8S2/c1-3-45-35(43)27-17-9-5-7-11-23(17)47-33(27)37-29(39)19-13-15-21-26-22(16-14-20(25(19)26)30(37)40)32(42)38(31(21)41)34-28(36(44)46-4-2)18-10-6-8-12-24(18)48-34/h13-16H,3-12H2,1-2H3. The minimum atomic E-state index is -0.641. The van der Waals surface area contributed by atoms with Gasteiger partial charge in [-0.15, -0.1) is 22.7 Å². The first-order valence-electron chi connectivity index (χ1n) is 16.3. The Labute approximate surface area is 283 Å². The highest BCUT2D eigenvalue weighted by Crippen LogP contribution is 2.47. The van der Waals surface area contributed by atoms with Crippen LogP contribution < -0.4 is 9.80 Å². The lowest BCUT2D eigenvalue weighted by Crippen LogP contribution is -2.43. The summed E-state index contributed by atoms with van der Waals surface area (Å²) in [4.78, 5) is 87.6. The van der Waals surface area contributed by atoms with E-state index in [1.165, 1.54) is 46.9 Å². The molecule has 0 N–H and O–H groups in total. The molecule has 0 bridgehead atoms. The Morgan fingerprint density at radius 1 is 0.583 bits per heavy atom. The van der Waals surface area contributed by atoms with Crippen LogP contribution in [-0.2, 0) is 35.2 Å². The highest BCUT2D eigenvalue weighted by atomic mass is 32.1. The molecule has 12 heteroatoms. The maximum absolute atomic E-state index is 14.3. The zero-order valence-corrected chi connectivity index (χ0v) is 28.0. The van der Waals surface area contributed by atoms with Crippen molar-refractivity contribution >= 4 is 79.0 Å². The number of esters is 2. The van der Waals surface area contributed by atoms with Gasteiger partial charge in [0.1, 0.15) is 10.0 Å². The van der Waals surface area contributed by atoms with Gasteiger partial charge in [-0.25, -0.2) is 19.4 Å². The van der Waals surface area contributed by atoms with Gasteiger partial charge in [-0.2, -0.15) is 0 Å². The van der Waals surface area contributed by atoms with Crippen molar-refractivity contribution in [1.29, 1.82) is 0 Å². The van der Waals surface area contributed by atoms with Crippen LogP contribution in [0, 0.1) is 0 Å². The monoisotopic (exact) mass is 682 g/mol. The van der Waals surface area contributed by atoms with Crippen molar-refractivity contribution < 1.29 is 38.2 Å². The number of aryl methyl sites for hydroxylation is 2. The molecule has 4 aromatic rings. The van der Waals surface area contributed by atoms with E-state index in [1.54, 1.807) is 13.8 Å². The Kier molecular flexibility index (Phi) is 7.33. The molecule has 0 spiro atoms. The number of rotatable bonds is 6. The Hall–Kier alpha value is -4.68. The van der Waals surface area contributed by atoms with Crippen LogP contribution in [0.15, 0.2) is 24.3 Å². The van der Waals surface area contributed by atoms with Gasteiger partial charge < -0.3 is 9.47 Å². The van der Waals surface area contributed by atoms with Crippen LogP contribution in [0.4, 0.5) is 10.0 Å². The highest BCUT2D eigenvalue weighted by Gasteiger charge is 2.44. The van der Waals surface area contributed by atoms with E-state index in [9.17, 15) is 28.8 Å². The molecule has 2 aliphatic carbocycles. The van der Waals surface area contributed by atoms with Gasteiger partial charge in [0, 0.05) is 42.8 Å². The number of hydrogen-bond donors (Lipinski definition) is 0. The van der Waals surface area contributed by atoms with E-state index < -0.39 is 35.6 Å². The van der Waals surface area contributed by atoms with E-state index in [4.69, 9.17) is 9.47 Å². The van der Waals surface area contributed by atoms with Gasteiger partial charge in [0.2, 0.25) is 0 Å². The molecule has 8 rings (SSSR count). The molecule has 48 heavy (non-hydrogen) atoms. The average molecular weight is 683 g/mol. The zero-order valence-electron chi connectivity index (χ0n) is 26.4. The summed E-state index contributed by atoms with van der Waals surface area (Å²) < 4.78 is 10.8. The van der Waals surface area contributed by atoms with Crippen molar-refractivity contribution in [3.05, 3.63) is 78.5 Å². The number of amides is 4. The number of nitrogens with zero attached hydrogens (tertiary/aromatic N) is 2. The summed E-state index contributed by atoms with van der Waals surface area (Å²) in [6, 6.07) is 6.01. The molecule has 4 amide bonds. The van der Waals surface area contributed by atoms with Gasteiger partial charge >= 0.3 is 11.9 Å². The van der Waals surface area contributed by atoms with Crippen molar-refractivity contribution in [2.24, 2.45) is 0 Å². The Morgan fingerprint density at radius 2 is 0.917 bits per heavy atom. The molecule has 0 saturated heterocycles. The largest absolute Gasteiger partial charge is 0.462 e. The van der Waals surface area contributed by atoms with Gasteiger partial charge in [-0.3, -0.25) is 19.2 Å². The summed E-state index contributed by atoms with van der Waals surface area (Å²) in [7, 11) is 0. The molecule has 4 aliphatic rings. The zero-order chi connectivity index (χ0) is 33.4. The Bertz CT molecular complexity index is 1940. The number of ether oxygens (including phenoxy) is 2. The molecule has 0 radical (unpaired) electrons. The summed E-state index contributed by atoms with van der Waals surface area (Å²) in [5, 5.41) is 0.933. The Balaban J connectivity index is 1.26. The van der Waals surface area contributed by atoms with E-state index in [0.29, 0.717) is 12.8 Å². The van der Waals surface area contributed by atoms with E-state index >= 15 is 0 Å². The SMILES string of the molecule is CCOC(=O)c1c(N2C(=O)c3ccc4c5c(ccc(c35)C2=O)C(=O)N(c2sc3c(c2C(=O)OCC)CCCC3)C4=O)sc2c1CCCC2. The summed E-state index contributed by atoms with van der Waals surface area (Å²) in [5.74, 6) is -3.71. The number of benzene rings is 2. The maximum Gasteiger partial charge on any atom is 0.341 e. The smallest absolute Gasteiger partial charge is 0.341 e. The van der Waals surface area contributed by atoms with Crippen molar-refractivity contribution in [2.75, 3.05) is 23.0 Å². The number of hydrogen-bond acceptors (Lipinski definition) is 10. The predicted octanol–water partition coefficient (Wildman–Crippen LogP) is 6.68. The lowest BCUT2D eigenvalue weighted by atomic mass is 9.85. The van der Waals surface area contributed by atoms with Crippen LogP contribution in [0.5, 0.6) is 0 Å². The number of thiophene rings is 2. The van der Waals surface area contributed by atoms with Gasteiger partial charge in [0.15, 0.2) is 0 Å². The highest BCUT2D eigenvalue weighted by molar-refractivity contribution is 7.17. The van der Waals surface area contributed by atoms with Crippen molar-refractivity contribution in [1.82, 2.24) is 0 Å². The normalized spacial score (nSPS) is 16.7. The van der Waals surface area contributed by atoms with Crippen molar-refractivity contribution in [3.63, 3.8) is 0 Å². The maximum atomic E-state index is 14.3. The topological polar surface area (TPSA) is 127 Å². The fraction of sp³-hybridized carbons (Fsp3) is 0.333. The number of anilines is 2. The van der Waals surface area contributed by atoms with Crippen LogP contribution in [0.2, 0.25) is 0 Å². The third-order valence-electron chi connectivity index (χ3n) is 9.57. The summed E-state index contributed by atoms with van der Waals surface area (Å²) in [6.07, 6.45) is 6.46. The van der Waals surface area contributed by atoms with E-state index in [-0.39, 0.29) is 67.4 Å². The van der Waals surface area contributed by atoms with Crippen LogP contribution in [-0.4, -0.2) is 48.8 Å². The molecule has 244 valence electrons. The van der Waals surface area contributed by atoms with Gasteiger partial charge in [0.05, 0.1) is 24.3 Å². The second-order valence-electron chi connectivity index (χ2n) is 12.2. The molecular weight excluding hydrogens is 653 g/mol. The summed E-state index contributed by atoms with van der Waals surface area (Å²) in [5.41, 5.74) is 2.76. The number of carbonyl (C=O) groups excluding carboxylic acids is 6. The van der Waals surface area contributed by atoms with E-state index in [1.807, 2.05) is 0 Å². The minimum Gasteiger partial charge on any atom is -0.462 e. The van der Waals surface area contributed by atoms with Crippen LogP contribution in [0.1, 0.15) is 123 Å². The van der Waals surface area contributed by atoms with Crippen molar-refractivity contribution in [3.8, 4) is 0 Å². The molecule has 0 fully saturated rings. The van der Waals surface area contributed by atoms with Gasteiger partial charge in [-0.1, -0.05) is 0 Å². The third kappa shape index (κ3) is 4.28. The average Bonchev–Trinajstić information content (AvgIpc) is 3.65. The molecule has 4 heterocycles. The first kappa shape index (κ1) is 30.6. The Morgan fingerprint density at radius 3 is 1.25 bits per heavy atom. The number of imide groups is 2. The second-order valence-corrected chi connectivity index (χ2v) is 14.4. The molecule has 2 aromatic carbocycles. The van der Waals surface area contributed by atoms with Crippen LogP contribution in [0.3, 0.4) is 0 Å².